The molecule has 3 aromatic rings. The van der Waals surface area contributed by atoms with Gasteiger partial charge in [-0.1, -0.05) is 37.1 Å². The van der Waals surface area contributed by atoms with Crippen LogP contribution in [-0.2, 0) is 4.79 Å². The standard InChI is InChI=1S/C23H28N6O2/c24-17-12-10-16(11-13-17)20-15-21(29-28-20)23(31)26-14-6-2-1-3-9-22(30)27-19-8-5-4-7-18(19)25/h4-5,7-8,10-13,15H,1-3,6,9,14,24-25H2,(H,26,31)(H,27,30)(H,28,29). The molecule has 0 aliphatic carbocycles. The molecular weight excluding hydrogens is 392 g/mol. The fourth-order valence-corrected chi connectivity index (χ4v) is 3.12. The molecule has 0 fully saturated rings. The van der Waals surface area contributed by atoms with Crippen LogP contribution < -0.4 is 22.1 Å². The number of benzene rings is 2. The van der Waals surface area contributed by atoms with E-state index in [0.29, 0.717) is 41.4 Å². The van der Waals surface area contributed by atoms with E-state index in [0.717, 1.165) is 31.2 Å². The Balaban J connectivity index is 1.30. The van der Waals surface area contributed by atoms with Crippen LogP contribution in [0.15, 0.2) is 54.6 Å². The smallest absolute Gasteiger partial charge is 0.269 e. The number of amides is 2. The van der Waals surface area contributed by atoms with Crippen LogP contribution >= 0.6 is 0 Å². The van der Waals surface area contributed by atoms with Gasteiger partial charge < -0.3 is 22.1 Å². The predicted molar refractivity (Wildman–Crippen MR) is 123 cm³/mol. The lowest BCUT2D eigenvalue weighted by molar-refractivity contribution is -0.116. The molecule has 0 saturated carbocycles. The Hall–Kier alpha value is -3.81. The summed E-state index contributed by atoms with van der Waals surface area (Å²) in [7, 11) is 0. The van der Waals surface area contributed by atoms with Gasteiger partial charge in [0.15, 0.2) is 0 Å². The molecule has 0 radical (unpaired) electrons. The number of anilines is 3. The number of aromatic nitrogens is 2. The van der Waals surface area contributed by atoms with Gasteiger partial charge >= 0.3 is 0 Å². The van der Waals surface area contributed by atoms with Crippen molar-refractivity contribution in [3.05, 3.63) is 60.3 Å². The first-order valence-electron chi connectivity index (χ1n) is 10.4. The fourth-order valence-electron chi connectivity index (χ4n) is 3.12. The number of hydrogen-bond acceptors (Lipinski definition) is 5. The summed E-state index contributed by atoms with van der Waals surface area (Å²) in [6.07, 6.45) is 3.93. The van der Waals surface area contributed by atoms with Crippen molar-refractivity contribution in [1.29, 1.82) is 0 Å². The van der Waals surface area contributed by atoms with Crippen molar-refractivity contribution >= 4 is 28.9 Å². The number of aromatic amines is 1. The second-order valence-corrected chi connectivity index (χ2v) is 7.34. The lowest BCUT2D eigenvalue weighted by atomic mass is 10.1. The minimum atomic E-state index is -0.186. The molecular formula is C23H28N6O2. The average molecular weight is 421 g/mol. The quantitative estimate of drug-likeness (QED) is 0.252. The maximum Gasteiger partial charge on any atom is 0.269 e. The summed E-state index contributed by atoms with van der Waals surface area (Å²) < 4.78 is 0. The monoisotopic (exact) mass is 420 g/mol. The van der Waals surface area contributed by atoms with Gasteiger partial charge in [-0.2, -0.15) is 5.10 Å². The van der Waals surface area contributed by atoms with E-state index in [1.165, 1.54) is 0 Å². The van der Waals surface area contributed by atoms with Gasteiger partial charge in [-0.25, -0.2) is 0 Å². The Kier molecular flexibility index (Phi) is 7.64. The molecule has 0 spiro atoms. The first-order chi connectivity index (χ1) is 15.0. The van der Waals surface area contributed by atoms with E-state index >= 15 is 0 Å². The van der Waals surface area contributed by atoms with Gasteiger partial charge in [0.2, 0.25) is 5.91 Å². The summed E-state index contributed by atoms with van der Waals surface area (Å²) in [6.45, 7) is 0.571. The van der Waals surface area contributed by atoms with Crippen molar-refractivity contribution in [2.45, 2.75) is 32.1 Å². The van der Waals surface area contributed by atoms with Gasteiger partial charge in [-0.3, -0.25) is 14.7 Å². The lowest BCUT2D eigenvalue weighted by Crippen LogP contribution is -2.24. The van der Waals surface area contributed by atoms with Gasteiger partial charge in [0.05, 0.1) is 17.1 Å². The van der Waals surface area contributed by atoms with Crippen molar-refractivity contribution in [3.8, 4) is 11.3 Å². The van der Waals surface area contributed by atoms with E-state index in [1.54, 1.807) is 30.3 Å². The third-order valence-corrected chi connectivity index (χ3v) is 4.88. The third-order valence-electron chi connectivity index (χ3n) is 4.88. The Bertz CT molecular complexity index is 1010. The summed E-state index contributed by atoms with van der Waals surface area (Å²) in [5, 5.41) is 12.7. The van der Waals surface area contributed by atoms with E-state index in [4.69, 9.17) is 11.5 Å². The number of para-hydroxylation sites is 2. The molecule has 162 valence electrons. The lowest BCUT2D eigenvalue weighted by Gasteiger charge is -2.07. The molecule has 3 rings (SSSR count). The van der Waals surface area contributed by atoms with E-state index in [2.05, 4.69) is 20.8 Å². The molecule has 7 N–H and O–H groups in total. The van der Waals surface area contributed by atoms with Gasteiger partial charge in [-0.05, 0) is 43.2 Å². The predicted octanol–water partition coefficient (Wildman–Crippen LogP) is 3.56. The molecule has 8 nitrogen and oxygen atoms in total. The van der Waals surface area contributed by atoms with E-state index in [1.807, 2.05) is 24.3 Å². The van der Waals surface area contributed by atoms with Crippen LogP contribution in [0.5, 0.6) is 0 Å². The van der Waals surface area contributed by atoms with Gasteiger partial charge in [0, 0.05) is 24.2 Å². The van der Waals surface area contributed by atoms with Crippen molar-refractivity contribution in [2.75, 3.05) is 23.3 Å². The zero-order chi connectivity index (χ0) is 22.1. The Morgan fingerprint density at radius 1 is 0.935 bits per heavy atom. The first kappa shape index (κ1) is 21.9. The summed E-state index contributed by atoms with van der Waals surface area (Å²) >= 11 is 0. The summed E-state index contributed by atoms with van der Waals surface area (Å²) in [4.78, 5) is 24.2. The number of nitrogens with one attached hydrogen (secondary N) is 3. The zero-order valence-corrected chi connectivity index (χ0v) is 17.4. The highest BCUT2D eigenvalue weighted by molar-refractivity contribution is 5.94. The highest BCUT2D eigenvalue weighted by atomic mass is 16.2. The summed E-state index contributed by atoms with van der Waals surface area (Å²) in [5.74, 6) is -0.226. The Morgan fingerprint density at radius 2 is 1.68 bits per heavy atom. The maximum atomic E-state index is 12.3. The maximum absolute atomic E-state index is 12.3. The van der Waals surface area contributed by atoms with Crippen LogP contribution in [0.1, 0.15) is 42.6 Å². The minimum absolute atomic E-state index is 0.0395. The van der Waals surface area contributed by atoms with Crippen molar-refractivity contribution in [1.82, 2.24) is 15.5 Å². The van der Waals surface area contributed by atoms with Crippen LogP contribution in [0.3, 0.4) is 0 Å². The number of nitrogens with two attached hydrogens (primary N) is 2. The molecule has 0 unspecified atom stereocenters. The summed E-state index contributed by atoms with van der Waals surface area (Å²) in [5.41, 5.74) is 15.4. The first-order valence-corrected chi connectivity index (χ1v) is 10.4. The Morgan fingerprint density at radius 3 is 2.45 bits per heavy atom. The molecule has 0 aliphatic rings. The van der Waals surface area contributed by atoms with Crippen molar-refractivity contribution < 1.29 is 9.59 Å². The van der Waals surface area contributed by atoms with Gasteiger partial charge in [0.1, 0.15) is 5.69 Å². The fraction of sp³-hybridized carbons (Fsp3) is 0.261. The van der Waals surface area contributed by atoms with Gasteiger partial charge in [-0.15, -0.1) is 0 Å². The van der Waals surface area contributed by atoms with Gasteiger partial charge in [0.25, 0.3) is 5.91 Å². The molecule has 0 atom stereocenters. The number of H-pyrrole nitrogens is 1. The van der Waals surface area contributed by atoms with Crippen LogP contribution in [0, 0.1) is 0 Å². The molecule has 2 amide bonds. The van der Waals surface area contributed by atoms with Crippen LogP contribution in [0.2, 0.25) is 0 Å². The normalized spacial score (nSPS) is 10.6. The summed E-state index contributed by atoms with van der Waals surface area (Å²) in [6, 6.07) is 16.2. The molecule has 2 aromatic carbocycles. The second kappa shape index (κ2) is 10.8. The van der Waals surface area contributed by atoms with Crippen LogP contribution in [0.25, 0.3) is 11.3 Å². The highest BCUT2D eigenvalue weighted by Crippen LogP contribution is 2.19. The molecule has 1 aromatic heterocycles. The van der Waals surface area contributed by atoms with Crippen molar-refractivity contribution in [3.63, 3.8) is 0 Å². The van der Waals surface area contributed by atoms with E-state index in [-0.39, 0.29) is 11.8 Å². The second-order valence-electron chi connectivity index (χ2n) is 7.34. The number of rotatable bonds is 10. The minimum Gasteiger partial charge on any atom is -0.399 e. The van der Waals surface area contributed by atoms with Crippen molar-refractivity contribution in [2.24, 2.45) is 0 Å². The molecule has 8 heteroatoms. The SMILES string of the molecule is Nc1ccc(-c2cc(C(=O)NCCCCCCC(=O)Nc3ccccc3N)[nH]n2)cc1. The zero-order valence-electron chi connectivity index (χ0n) is 17.4. The van der Waals surface area contributed by atoms with E-state index < -0.39 is 0 Å². The third kappa shape index (κ3) is 6.60. The highest BCUT2D eigenvalue weighted by Gasteiger charge is 2.10. The molecule has 0 aliphatic heterocycles. The number of nitrogens with zero attached hydrogens (tertiary/aromatic N) is 1. The average Bonchev–Trinajstić information content (AvgIpc) is 3.25. The van der Waals surface area contributed by atoms with E-state index in [9.17, 15) is 9.59 Å². The van der Waals surface area contributed by atoms with Crippen LogP contribution in [-0.4, -0.2) is 28.6 Å². The molecule has 31 heavy (non-hydrogen) atoms. The molecule has 0 bridgehead atoms. The number of unbranched alkanes of at least 4 members (excludes halogenated alkanes) is 3. The number of carbonyl (C=O) groups excluding carboxylic acids is 2. The Labute approximate surface area is 181 Å². The topological polar surface area (TPSA) is 139 Å². The number of carbonyl (C=O) groups is 2. The number of hydrogen-bond donors (Lipinski definition) is 5. The molecule has 1 heterocycles. The van der Waals surface area contributed by atoms with Crippen LogP contribution in [0.4, 0.5) is 17.1 Å². The largest absolute Gasteiger partial charge is 0.399 e. The number of nitrogen functional groups attached to an aromatic ring is 2. The molecule has 0 saturated heterocycles.